The van der Waals surface area contributed by atoms with Crippen molar-refractivity contribution in [1.29, 1.82) is 0 Å². The molecule has 1 rings (SSSR count). The van der Waals surface area contributed by atoms with E-state index in [1.807, 2.05) is 0 Å². The molecule has 1 atom stereocenters. The van der Waals surface area contributed by atoms with Gasteiger partial charge in [0.05, 0.1) is 12.8 Å². The van der Waals surface area contributed by atoms with Crippen LogP contribution in [-0.4, -0.2) is 15.0 Å². The summed E-state index contributed by atoms with van der Waals surface area (Å²) >= 11 is 0. The first kappa shape index (κ1) is 5.78. The molecule has 0 aliphatic carbocycles. The lowest BCUT2D eigenvalue weighted by molar-refractivity contribution is 0.338. The largest absolute Gasteiger partial charge is 0.296 e. The normalized spacial score (nSPS) is 19.5. The lowest BCUT2D eigenvalue weighted by atomic mass is 10.2. The van der Waals surface area contributed by atoms with Gasteiger partial charge in [0.15, 0.2) is 0 Å². The predicted octanol–water partition coefficient (Wildman–Crippen LogP) is 1.72. The molecule has 0 aromatic heterocycles. The van der Waals surface area contributed by atoms with Crippen molar-refractivity contribution in [3.05, 3.63) is 29.8 Å². The van der Waals surface area contributed by atoms with Gasteiger partial charge in [0.25, 0.3) is 10.1 Å². The molecule has 1 aromatic rings. The van der Waals surface area contributed by atoms with E-state index in [0.717, 1.165) is 5.56 Å². The molecule has 0 heterocycles. The van der Waals surface area contributed by atoms with E-state index < -0.39 is 23.6 Å². The molecular weight excluding hydrogens is 188 g/mol. The molecule has 72 valence electrons. The third kappa shape index (κ3) is 2.54. The van der Waals surface area contributed by atoms with Gasteiger partial charge in [0, 0.05) is 4.11 Å². The van der Waals surface area contributed by atoms with E-state index >= 15 is 0 Å². The zero-order valence-corrected chi connectivity index (χ0v) is 7.84. The van der Waals surface area contributed by atoms with Crippen LogP contribution in [0.5, 0.6) is 0 Å². The summed E-state index contributed by atoms with van der Waals surface area (Å²) in [6, 6.07) is 5.73. The molecule has 13 heavy (non-hydrogen) atoms. The number of benzene rings is 1. The Hall–Kier alpha value is -0.870. The summed E-state index contributed by atoms with van der Waals surface area (Å²) in [7, 11) is -4.21. The molecule has 0 N–H and O–H groups in total. The average Bonchev–Trinajstić information content (AvgIpc) is 2.16. The van der Waals surface area contributed by atoms with Crippen LogP contribution in [0, 0.1) is 6.92 Å². The van der Waals surface area contributed by atoms with Crippen molar-refractivity contribution in [2.45, 2.75) is 18.7 Å². The Morgan fingerprint density at radius 2 is 2.08 bits per heavy atom. The van der Waals surface area contributed by atoms with E-state index in [0.29, 0.717) is 0 Å². The molecule has 0 bridgehead atoms. The maximum absolute atomic E-state index is 11.6. The highest BCUT2D eigenvalue weighted by Crippen LogP contribution is 2.12. The lowest BCUT2D eigenvalue weighted by Crippen LogP contribution is -2.05. The highest BCUT2D eigenvalue weighted by molar-refractivity contribution is 7.86. The van der Waals surface area contributed by atoms with Crippen molar-refractivity contribution in [3.63, 3.8) is 0 Å². The topological polar surface area (TPSA) is 43.4 Å². The van der Waals surface area contributed by atoms with Crippen molar-refractivity contribution in [3.8, 4) is 0 Å². The second-order valence-electron chi connectivity index (χ2n) is 2.48. The zero-order chi connectivity index (χ0) is 13.3. The van der Waals surface area contributed by atoms with Gasteiger partial charge >= 0.3 is 0 Å². The third-order valence-corrected chi connectivity index (χ3v) is 2.68. The number of aryl methyl sites for hydroxylation is 1. The first-order chi connectivity index (χ1) is 7.63. The van der Waals surface area contributed by atoms with Gasteiger partial charge in [-0.2, -0.15) is 8.42 Å². The molecular formula is C9H12O3S. The van der Waals surface area contributed by atoms with Gasteiger partial charge in [-0.3, -0.25) is 4.18 Å². The molecule has 1 aromatic carbocycles. The smallest absolute Gasteiger partial charge is 0.267 e. The monoisotopic (exact) mass is 204 g/mol. The Labute approximate surface area is 84.1 Å². The van der Waals surface area contributed by atoms with Crippen LogP contribution in [-0.2, 0) is 14.3 Å². The fourth-order valence-electron chi connectivity index (χ4n) is 0.824. The van der Waals surface area contributed by atoms with Gasteiger partial charge in [0.1, 0.15) is 0 Å². The Morgan fingerprint density at radius 1 is 1.46 bits per heavy atom. The molecule has 4 heteroatoms. The van der Waals surface area contributed by atoms with Gasteiger partial charge < -0.3 is 0 Å². The summed E-state index contributed by atoms with van der Waals surface area (Å²) in [5.41, 5.74) is 0.863. The fraction of sp³-hybridized carbons (Fsp3) is 0.333. The van der Waals surface area contributed by atoms with Crippen molar-refractivity contribution >= 4 is 10.1 Å². The maximum atomic E-state index is 11.6. The number of hydrogen-bond donors (Lipinski definition) is 0. The molecule has 0 aliphatic rings. The number of rotatable bonds is 3. The molecule has 0 amide bonds. The molecule has 0 fully saturated rings. The SMILES string of the molecule is [2H]C(OS(=O)(=O)c1ccc(C)cc1)C([2H])([2H])[2H]. The molecule has 0 aliphatic heterocycles. The number of hydrogen-bond acceptors (Lipinski definition) is 3. The minimum absolute atomic E-state index is 0.162. The van der Waals surface area contributed by atoms with Crippen LogP contribution >= 0.6 is 0 Å². The second-order valence-corrected chi connectivity index (χ2v) is 4.05. The van der Waals surface area contributed by atoms with Gasteiger partial charge in [-0.05, 0) is 25.9 Å². The first-order valence-electron chi connectivity index (χ1n) is 5.63. The standard InChI is InChI=1S/C9H12O3S/c1-3-12-13(10,11)9-6-4-8(2)5-7-9/h4-7H,3H2,1-2H3/i1D3,3D. The Morgan fingerprint density at radius 3 is 2.62 bits per heavy atom. The first-order valence-corrected chi connectivity index (χ1v) is 4.96. The molecule has 0 saturated heterocycles. The minimum atomic E-state index is -4.21. The molecule has 1 unspecified atom stereocenters. The van der Waals surface area contributed by atoms with Crippen molar-refractivity contribution in [2.75, 3.05) is 6.58 Å². The quantitative estimate of drug-likeness (QED) is 0.704. The van der Waals surface area contributed by atoms with E-state index in [9.17, 15) is 8.42 Å². The van der Waals surface area contributed by atoms with Crippen LogP contribution < -0.4 is 0 Å². The predicted molar refractivity (Wildman–Crippen MR) is 50.0 cm³/mol. The van der Waals surface area contributed by atoms with Crippen LogP contribution in [0.25, 0.3) is 0 Å². The summed E-state index contributed by atoms with van der Waals surface area (Å²) in [6.07, 6.45) is 0. The van der Waals surface area contributed by atoms with Crippen LogP contribution in [0.1, 0.15) is 17.9 Å². The van der Waals surface area contributed by atoms with E-state index in [1.54, 1.807) is 19.1 Å². The summed E-state index contributed by atoms with van der Waals surface area (Å²) < 4.78 is 55.2. The van der Waals surface area contributed by atoms with Crippen molar-refractivity contribution < 1.29 is 18.1 Å². The maximum Gasteiger partial charge on any atom is 0.296 e. The highest BCUT2D eigenvalue weighted by atomic mass is 32.2. The molecule has 0 spiro atoms. The zero-order valence-electron chi connectivity index (χ0n) is 11.0. The second kappa shape index (κ2) is 3.89. The van der Waals surface area contributed by atoms with Gasteiger partial charge in [0.2, 0.25) is 0 Å². The van der Waals surface area contributed by atoms with E-state index in [-0.39, 0.29) is 4.90 Å². The van der Waals surface area contributed by atoms with Gasteiger partial charge in [-0.25, -0.2) is 0 Å². The summed E-state index contributed by atoms with van der Waals surface area (Å²) in [6.45, 7) is -3.13. The summed E-state index contributed by atoms with van der Waals surface area (Å²) in [5, 5.41) is 0. The van der Waals surface area contributed by atoms with E-state index in [1.165, 1.54) is 12.1 Å². The van der Waals surface area contributed by atoms with E-state index in [4.69, 9.17) is 5.48 Å². The molecule has 3 nitrogen and oxygen atoms in total. The Bertz CT molecular complexity index is 478. The minimum Gasteiger partial charge on any atom is -0.267 e. The van der Waals surface area contributed by atoms with Crippen LogP contribution in [0.4, 0.5) is 0 Å². The van der Waals surface area contributed by atoms with Crippen LogP contribution in [0.2, 0.25) is 0 Å². The lowest BCUT2D eigenvalue weighted by Gasteiger charge is -2.02. The highest BCUT2D eigenvalue weighted by Gasteiger charge is 2.12. The average molecular weight is 204 g/mol. The molecule has 0 radical (unpaired) electrons. The summed E-state index contributed by atoms with van der Waals surface area (Å²) in [4.78, 5) is -0.162. The van der Waals surface area contributed by atoms with Crippen molar-refractivity contribution in [1.82, 2.24) is 0 Å². The molecule has 0 saturated carbocycles. The van der Waals surface area contributed by atoms with Gasteiger partial charge in [-0.15, -0.1) is 0 Å². The van der Waals surface area contributed by atoms with Crippen LogP contribution in [0.3, 0.4) is 0 Å². The Kier molecular flexibility index (Phi) is 1.73. The van der Waals surface area contributed by atoms with Crippen LogP contribution in [0.15, 0.2) is 29.2 Å². The van der Waals surface area contributed by atoms with Crippen molar-refractivity contribution in [2.24, 2.45) is 0 Å². The van der Waals surface area contributed by atoms with Gasteiger partial charge in [-0.1, -0.05) is 17.7 Å². The van der Waals surface area contributed by atoms with E-state index in [2.05, 4.69) is 4.18 Å². The Balaban J connectivity index is 2.94. The fourth-order valence-corrected chi connectivity index (χ4v) is 1.53. The summed E-state index contributed by atoms with van der Waals surface area (Å²) in [5.74, 6) is 0. The third-order valence-electron chi connectivity index (χ3n) is 1.48.